The Kier molecular flexibility index (Phi) is 6.28. The first-order valence-corrected chi connectivity index (χ1v) is 10.7. The number of nitrogens with one attached hydrogen (secondary N) is 2. The van der Waals surface area contributed by atoms with E-state index in [-0.39, 0.29) is 29.8 Å². The minimum Gasteiger partial charge on any atom is -0.324 e. The van der Waals surface area contributed by atoms with E-state index >= 15 is 0 Å². The van der Waals surface area contributed by atoms with Gasteiger partial charge in [0.05, 0.1) is 22.1 Å². The number of aromatic nitrogens is 2. The lowest BCUT2D eigenvalue weighted by molar-refractivity contribution is -0.384. The predicted octanol–water partition coefficient (Wildman–Crippen LogP) is 1.30. The maximum Gasteiger partial charge on any atom is 0.326 e. The topological polar surface area (TPSA) is 170 Å². The lowest BCUT2D eigenvalue weighted by Crippen LogP contribution is -2.30. The number of benzene rings is 2. The van der Waals surface area contributed by atoms with Crippen LogP contribution in [0, 0.1) is 10.1 Å². The summed E-state index contributed by atoms with van der Waals surface area (Å²) in [5.74, 6) is 0. The van der Waals surface area contributed by atoms with E-state index in [1.807, 2.05) is 30.3 Å². The zero-order valence-corrected chi connectivity index (χ0v) is 16.5. The molecule has 30 heavy (non-hydrogen) atoms. The molecule has 0 saturated heterocycles. The summed E-state index contributed by atoms with van der Waals surface area (Å²) in [7, 11) is -4.27. The molecule has 0 aliphatic rings. The van der Waals surface area contributed by atoms with Crippen LogP contribution in [-0.2, 0) is 17.7 Å². The van der Waals surface area contributed by atoms with Crippen molar-refractivity contribution in [3.05, 3.63) is 84.4 Å². The molecule has 1 aromatic heterocycles. The largest absolute Gasteiger partial charge is 0.326 e. The third-order valence-corrected chi connectivity index (χ3v) is 5.24. The number of nitrogens with zero attached hydrogens (tertiary/aromatic N) is 2. The summed E-state index contributed by atoms with van der Waals surface area (Å²) in [5.41, 5.74) is -0.583. The average Bonchev–Trinajstić information content (AvgIpc) is 2.67. The molecule has 0 fully saturated rings. The standard InChI is InChI=1S/C18H19N4O7P/c23-17-18(24)20-16-13(8-14(22(25)26)9-15(16)19-17)11-21(6-7-30(27,28)29)10-12-4-2-1-3-5-12/h1-5,8-9H,6-7,10-11H2,(H,19,23)(H,20,24)(H2,27,28,29). The summed E-state index contributed by atoms with van der Waals surface area (Å²) < 4.78 is 11.4. The second-order valence-electron chi connectivity index (χ2n) is 6.78. The lowest BCUT2D eigenvalue weighted by Gasteiger charge is -2.23. The Morgan fingerprint density at radius 1 is 1.03 bits per heavy atom. The van der Waals surface area contributed by atoms with Crippen LogP contribution in [0.2, 0.25) is 0 Å². The molecule has 158 valence electrons. The van der Waals surface area contributed by atoms with Crippen LogP contribution in [0.15, 0.2) is 52.1 Å². The third-order valence-electron chi connectivity index (χ3n) is 4.46. The Morgan fingerprint density at radius 3 is 2.33 bits per heavy atom. The van der Waals surface area contributed by atoms with Crippen LogP contribution in [0.25, 0.3) is 11.0 Å². The van der Waals surface area contributed by atoms with Gasteiger partial charge in [0, 0.05) is 31.8 Å². The van der Waals surface area contributed by atoms with Gasteiger partial charge in [0.15, 0.2) is 0 Å². The van der Waals surface area contributed by atoms with Gasteiger partial charge in [-0.3, -0.25) is 29.2 Å². The summed E-state index contributed by atoms with van der Waals surface area (Å²) in [4.78, 5) is 59.1. The van der Waals surface area contributed by atoms with Crippen molar-refractivity contribution in [1.29, 1.82) is 0 Å². The normalized spacial score (nSPS) is 11.8. The Labute approximate surface area is 169 Å². The molecule has 0 aliphatic carbocycles. The molecule has 4 N–H and O–H groups in total. The van der Waals surface area contributed by atoms with Crippen molar-refractivity contribution in [2.75, 3.05) is 12.7 Å². The second-order valence-corrected chi connectivity index (χ2v) is 8.55. The SMILES string of the molecule is O=c1[nH]c2cc([N+](=O)[O-])cc(CN(CCP(=O)(O)O)Cc3ccccc3)c2[nH]c1=O. The molecule has 2 aromatic carbocycles. The van der Waals surface area contributed by atoms with Crippen LogP contribution in [0.4, 0.5) is 5.69 Å². The summed E-state index contributed by atoms with van der Waals surface area (Å²) in [6.07, 6.45) is -0.403. The van der Waals surface area contributed by atoms with E-state index in [0.717, 1.165) is 11.6 Å². The van der Waals surface area contributed by atoms with E-state index in [4.69, 9.17) is 0 Å². The molecule has 0 saturated carbocycles. The number of hydrogen-bond donors (Lipinski definition) is 4. The molecule has 3 rings (SSSR count). The monoisotopic (exact) mass is 434 g/mol. The number of nitro groups is 1. The molecule has 0 amide bonds. The predicted molar refractivity (Wildman–Crippen MR) is 109 cm³/mol. The van der Waals surface area contributed by atoms with Gasteiger partial charge in [0.2, 0.25) is 0 Å². The second kappa shape index (κ2) is 8.72. The zero-order chi connectivity index (χ0) is 21.9. The molecule has 0 radical (unpaired) electrons. The van der Waals surface area contributed by atoms with Gasteiger partial charge in [-0.1, -0.05) is 30.3 Å². The van der Waals surface area contributed by atoms with E-state index in [1.54, 1.807) is 4.90 Å². The lowest BCUT2D eigenvalue weighted by atomic mass is 10.1. The Balaban J connectivity index is 2.04. The average molecular weight is 434 g/mol. The fourth-order valence-corrected chi connectivity index (χ4v) is 3.62. The number of aromatic amines is 2. The van der Waals surface area contributed by atoms with Crippen molar-refractivity contribution in [3.8, 4) is 0 Å². The van der Waals surface area contributed by atoms with Gasteiger partial charge in [-0.25, -0.2) is 0 Å². The van der Waals surface area contributed by atoms with E-state index in [2.05, 4.69) is 9.97 Å². The van der Waals surface area contributed by atoms with E-state index in [0.29, 0.717) is 12.1 Å². The number of non-ortho nitro benzene ring substituents is 1. The number of H-pyrrole nitrogens is 2. The Bertz CT molecular complexity index is 1230. The smallest absolute Gasteiger partial charge is 0.324 e. The molecule has 0 bridgehead atoms. The highest BCUT2D eigenvalue weighted by Gasteiger charge is 2.20. The number of hydrogen-bond acceptors (Lipinski definition) is 6. The van der Waals surface area contributed by atoms with Gasteiger partial charge >= 0.3 is 18.7 Å². The summed E-state index contributed by atoms with van der Waals surface area (Å²) >= 11 is 0. The highest BCUT2D eigenvalue weighted by molar-refractivity contribution is 7.51. The molecular formula is C18H19N4O7P. The first-order chi connectivity index (χ1) is 14.1. The first-order valence-electron chi connectivity index (χ1n) is 8.87. The van der Waals surface area contributed by atoms with Crippen LogP contribution in [0.1, 0.15) is 11.1 Å². The van der Waals surface area contributed by atoms with Crippen LogP contribution in [-0.4, -0.2) is 42.3 Å². The number of rotatable bonds is 8. The minimum absolute atomic E-state index is 0.0109. The fraction of sp³-hybridized carbons (Fsp3) is 0.222. The molecule has 12 heteroatoms. The molecule has 11 nitrogen and oxygen atoms in total. The minimum atomic E-state index is -4.27. The molecule has 3 aromatic rings. The van der Waals surface area contributed by atoms with Gasteiger partial charge in [-0.2, -0.15) is 0 Å². The summed E-state index contributed by atoms with van der Waals surface area (Å²) in [6.45, 7) is 0.380. The molecule has 0 atom stereocenters. The van der Waals surface area contributed by atoms with Gasteiger partial charge < -0.3 is 19.8 Å². The van der Waals surface area contributed by atoms with E-state index < -0.39 is 29.8 Å². The van der Waals surface area contributed by atoms with Crippen molar-refractivity contribution in [3.63, 3.8) is 0 Å². The van der Waals surface area contributed by atoms with Crippen LogP contribution >= 0.6 is 7.60 Å². The van der Waals surface area contributed by atoms with Crippen molar-refractivity contribution in [2.45, 2.75) is 13.1 Å². The Morgan fingerprint density at radius 2 is 1.70 bits per heavy atom. The van der Waals surface area contributed by atoms with Gasteiger partial charge in [0.25, 0.3) is 5.69 Å². The first kappa shape index (κ1) is 21.6. The number of nitro benzene ring substituents is 1. The van der Waals surface area contributed by atoms with Crippen molar-refractivity contribution in [1.82, 2.24) is 14.9 Å². The highest BCUT2D eigenvalue weighted by Crippen LogP contribution is 2.34. The summed E-state index contributed by atoms with van der Waals surface area (Å²) in [6, 6.07) is 11.6. The molecular weight excluding hydrogens is 415 g/mol. The van der Waals surface area contributed by atoms with Crippen LogP contribution < -0.4 is 11.1 Å². The number of fused-ring (bicyclic) bond motifs is 1. The van der Waals surface area contributed by atoms with Gasteiger partial charge in [-0.15, -0.1) is 0 Å². The maximum absolute atomic E-state index is 11.8. The van der Waals surface area contributed by atoms with Crippen LogP contribution in [0.3, 0.4) is 0 Å². The maximum atomic E-state index is 11.8. The molecule has 0 aliphatic heterocycles. The van der Waals surface area contributed by atoms with Crippen LogP contribution in [0.5, 0.6) is 0 Å². The van der Waals surface area contributed by atoms with E-state index in [9.17, 15) is 34.1 Å². The molecule has 0 spiro atoms. The van der Waals surface area contributed by atoms with Gasteiger partial charge in [0.1, 0.15) is 0 Å². The van der Waals surface area contributed by atoms with Crippen molar-refractivity contribution in [2.24, 2.45) is 0 Å². The molecule has 0 unspecified atom stereocenters. The Hall–Kier alpha value is -3.11. The fourth-order valence-electron chi connectivity index (χ4n) is 3.08. The zero-order valence-electron chi connectivity index (χ0n) is 15.6. The molecule has 1 heterocycles. The quantitative estimate of drug-likeness (QED) is 0.178. The summed E-state index contributed by atoms with van der Waals surface area (Å²) in [5, 5.41) is 11.3. The van der Waals surface area contributed by atoms with Gasteiger partial charge in [-0.05, 0) is 11.1 Å². The third kappa shape index (κ3) is 5.49. The van der Waals surface area contributed by atoms with Crippen molar-refractivity contribution >= 4 is 24.3 Å². The van der Waals surface area contributed by atoms with Crippen molar-refractivity contribution < 1.29 is 19.3 Å². The van der Waals surface area contributed by atoms with E-state index in [1.165, 1.54) is 6.07 Å². The highest BCUT2D eigenvalue weighted by atomic mass is 31.2.